The van der Waals surface area contributed by atoms with E-state index in [9.17, 15) is 14.7 Å². The van der Waals surface area contributed by atoms with E-state index in [2.05, 4.69) is 5.32 Å². The number of aliphatic hydroxyl groups excluding tert-OH is 1. The third-order valence-electron chi connectivity index (χ3n) is 4.98. The van der Waals surface area contributed by atoms with Crippen LogP contribution in [0, 0.1) is 23.7 Å². The molecule has 0 fully saturated rings. The first-order valence-electron chi connectivity index (χ1n) is 9.37. The van der Waals surface area contributed by atoms with Crippen LogP contribution >= 0.6 is 0 Å². The highest BCUT2D eigenvalue weighted by atomic mass is 16.5. The average Bonchev–Trinajstić information content (AvgIpc) is 2.60. The largest absolute Gasteiger partial charge is 0.426 e. The van der Waals surface area contributed by atoms with Crippen molar-refractivity contribution in [1.82, 2.24) is 5.32 Å². The molecule has 26 heavy (non-hydrogen) atoms. The highest BCUT2D eigenvalue weighted by Gasteiger charge is 2.21. The molecule has 1 amide bonds. The van der Waals surface area contributed by atoms with Crippen molar-refractivity contribution in [2.75, 3.05) is 6.61 Å². The molecule has 0 spiro atoms. The van der Waals surface area contributed by atoms with Crippen LogP contribution in [0.2, 0.25) is 0 Å². The summed E-state index contributed by atoms with van der Waals surface area (Å²) >= 11 is 0. The molecule has 0 bridgehead atoms. The molecule has 2 N–H and O–H groups in total. The topological polar surface area (TPSA) is 75.6 Å². The second-order valence-corrected chi connectivity index (χ2v) is 7.72. The molecular weight excluding hydrogens is 330 g/mol. The van der Waals surface area contributed by atoms with Crippen molar-refractivity contribution in [2.45, 2.75) is 54.0 Å². The van der Waals surface area contributed by atoms with Gasteiger partial charge in [-0.3, -0.25) is 9.59 Å². The summed E-state index contributed by atoms with van der Waals surface area (Å²) < 4.78 is 5.39. The Labute approximate surface area is 157 Å². The van der Waals surface area contributed by atoms with Gasteiger partial charge in [0.05, 0.1) is 18.6 Å². The number of amides is 1. The molecule has 3 unspecified atom stereocenters. The number of nitrogens with one attached hydrogen (secondary N) is 1. The van der Waals surface area contributed by atoms with E-state index < -0.39 is 0 Å². The first-order valence-corrected chi connectivity index (χ1v) is 9.37. The van der Waals surface area contributed by atoms with E-state index in [0.29, 0.717) is 12.2 Å². The fourth-order valence-corrected chi connectivity index (χ4v) is 2.26. The maximum absolute atomic E-state index is 12.2. The van der Waals surface area contributed by atoms with E-state index in [1.54, 1.807) is 12.1 Å². The standard InChI is InChI=1S/C21H33NO4/c1-13(2)15(5)20(24)22-18(12-23)11-17-7-9-19(10-8-17)26-21(25)16(6)14(3)4/h7-10,13-16,18,23H,11-12H2,1-6H3,(H,22,24). The van der Waals surface area contributed by atoms with Crippen molar-refractivity contribution in [3.63, 3.8) is 0 Å². The number of rotatable bonds is 9. The van der Waals surface area contributed by atoms with E-state index in [-0.39, 0.29) is 48.2 Å². The van der Waals surface area contributed by atoms with Crippen LogP contribution < -0.4 is 10.1 Å². The summed E-state index contributed by atoms with van der Waals surface area (Å²) in [5.41, 5.74) is 0.957. The van der Waals surface area contributed by atoms with Gasteiger partial charge in [-0.25, -0.2) is 0 Å². The number of hydrogen-bond donors (Lipinski definition) is 2. The Balaban J connectivity index is 2.64. The minimum atomic E-state index is -0.335. The fraction of sp³-hybridized carbons (Fsp3) is 0.619. The summed E-state index contributed by atoms with van der Waals surface area (Å²) in [4.78, 5) is 24.2. The molecule has 1 aromatic rings. The monoisotopic (exact) mass is 363 g/mol. The Hall–Kier alpha value is -1.88. The molecule has 0 aliphatic heterocycles. The van der Waals surface area contributed by atoms with E-state index in [4.69, 9.17) is 4.74 Å². The maximum Gasteiger partial charge on any atom is 0.314 e. The predicted octanol–water partition coefficient (Wildman–Crippen LogP) is 3.20. The Morgan fingerprint density at radius 3 is 1.96 bits per heavy atom. The van der Waals surface area contributed by atoms with Gasteiger partial charge in [-0.2, -0.15) is 0 Å². The van der Waals surface area contributed by atoms with Crippen LogP contribution in [0.3, 0.4) is 0 Å². The lowest BCUT2D eigenvalue weighted by Gasteiger charge is -2.21. The summed E-state index contributed by atoms with van der Waals surface area (Å²) in [7, 11) is 0. The summed E-state index contributed by atoms with van der Waals surface area (Å²) in [5.74, 6) is 0.424. The Bertz CT molecular complexity index is 580. The van der Waals surface area contributed by atoms with Gasteiger partial charge in [0.2, 0.25) is 5.91 Å². The number of benzene rings is 1. The molecule has 1 aromatic carbocycles. The smallest absolute Gasteiger partial charge is 0.314 e. The number of esters is 1. The van der Waals surface area contributed by atoms with E-state index >= 15 is 0 Å². The molecule has 5 nitrogen and oxygen atoms in total. The maximum atomic E-state index is 12.2. The van der Waals surface area contributed by atoms with Crippen molar-refractivity contribution >= 4 is 11.9 Å². The summed E-state index contributed by atoms with van der Waals surface area (Å²) in [5, 5.41) is 12.5. The van der Waals surface area contributed by atoms with Gasteiger partial charge >= 0.3 is 5.97 Å². The number of ether oxygens (including phenoxy) is 1. The van der Waals surface area contributed by atoms with Crippen molar-refractivity contribution in [1.29, 1.82) is 0 Å². The number of hydrogen-bond acceptors (Lipinski definition) is 4. The first kappa shape index (κ1) is 22.2. The average molecular weight is 363 g/mol. The second-order valence-electron chi connectivity index (χ2n) is 7.72. The van der Waals surface area contributed by atoms with Crippen LogP contribution in [0.5, 0.6) is 5.75 Å². The molecule has 0 aliphatic rings. The number of aliphatic hydroxyl groups is 1. The van der Waals surface area contributed by atoms with E-state index in [0.717, 1.165) is 5.56 Å². The zero-order chi connectivity index (χ0) is 19.9. The third-order valence-corrected chi connectivity index (χ3v) is 4.98. The van der Waals surface area contributed by atoms with Crippen LogP contribution in [-0.2, 0) is 16.0 Å². The van der Waals surface area contributed by atoms with Crippen LogP contribution in [0.25, 0.3) is 0 Å². The van der Waals surface area contributed by atoms with Gasteiger partial charge in [0.15, 0.2) is 0 Å². The second kappa shape index (κ2) is 10.3. The van der Waals surface area contributed by atoms with Gasteiger partial charge in [-0.15, -0.1) is 0 Å². The minimum absolute atomic E-state index is 0.0488. The van der Waals surface area contributed by atoms with Crippen molar-refractivity contribution < 1.29 is 19.4 Å². The Morgan fingerprint density at radius 2 is 1.50 bits per heavy atom. The lowest BCUT2D eigenvalue weighted by Crippen LogP contribution is -2.42. The summed E-state index contributed by atoms with van der Waals surface area (Å²) in [6.07, 6.45) is 0.518. The van der Waals surface area contributed by atoms with Gasteiger partial charge in [-0.1, -0.05) is 53.7 Å². The van der Waals surface area contributed by atoms with Gasteiger partial charge in [0.1, 0.15) is 5.75 Å². The van der Waals surface area contributed by atoms with E-state index in [1.807, 2.05) is 53.7 Å². The highest BCUT2D eigenvalue weighted by molar-refractivity contribution is 5.78. The van der Waals surface area contributed by atoms with Gasteiger partial charge in [-0.05, 0) is 36.0 Å². The molecular formula is C21H33NO4. The molecule has 0 heterocycles. The molecule has 5 heteroatoms. The van der Waals surface area contributed by atoms with Gasteiger partial charge in [0.25, 0.3) is 0 Å². The van der Waals surface area contributed by atoms with Crippen LogP contribution in [-0.4, -0.2) is 29.6 Å². The summed E-state index contributed by atoms with van der Waals surface area (Å²) in [6.45, 7) is 11.6. The minimum Gasteiger partial charge on any atom is -0.426 e. The van der Waals surface area contributed by atoms with Crippen LogP contribution in [0.15, 0.2) is 24.3 Å². The summed E-state index contributed by atoms with van der Waals surface area (Å²) in [6, 6.07) is 6.85. The quantitative estimate of drug-likeness (QED) is 0.522. The normalized spacial score (nSPS) is 14.8. The fourth-order valence-electron chi connectivity index (χ4n) is 2.26. The Morgan fingerprint density at radius 1 is 0.962 bits per heavy atom. The molecule has 0 aliphatic carbocycles. The Kier molecular flexibility index (Phi) is 8.79. The van der Waals surface area contributed by atoms with Crippen molar-refractivity contribution in [3.05, 3.63) is 29.8 Å². The van der Waals surface area contributed by atoms with Gasteiger partial charge in [0, 0.05) is 5.92 Å². The zero-order valence-corrected chi connectivity index (χ0v) is 16.8. The highest BCUT2D eigenvalue weighted by Crippen LogP contribution is 2.18. The van der Waals surface area contributed by atoms with Gasteiger partial charge < -0.3 is 15.2 Å². The molecule has 1 rings (SSSR count). The molecule has 0 radical (unpaired) electrons. The van der Waals surface area contributed by atoms with Crippen molar-refractivity contribution in [2.24, 2.45) is 23.7 Å². The third kappa shape index (κ3) is 6.79. The SMILES string of the molecule is CC(C)C(C)C(=O)NC(CO)Cc1ccc(OC(=O)C(C)C(C)C)cc1. The lowest BCUT2D eigenvalue weighted by molar-refractivity contribution is -0.139. The predicted molar refractivity (Wildman–Crippen MR) is 103 cm³/mol. The molecule has 146 valence electrons. The van der Waals surface area contributed by atoms with Crippen LogP contribution in [0.4, 0.5) is 0 Å². The zero-order valence-electron chi connectivity index (χ0n) is 16.8. The molecule has 0 saturated carbocycles. The first-order chi connectivity index (χ1) is 12.1. The van der Waals surface area contributed by atoms with E-state index in [1.165, 1.54) is 0 Å². The molecule has 0 aromatic heterocycles. The lowest BCUT2D eigenvalue weighted by atomic mass is 9.96. The molecule has 3 atom stereocenters. The van der Waals surface area contributed by atoms with Crippen LogP contribution in [0.1, 0.15) is 47.1 Å². The molecule has 0 saturated heterocycles. The van der Waals surface area contributed by atoms with Crippen molar-refractivity contribution in [3.8, 4) is 5.75 Å². The number of carbonyl (C=O) groups excluding carboxylic acids is 2. The number of carbonyl (C=O) groups is 2.